The van der Waals surface area contributed by atoms with E-state index in [-0.39, 0.29) is 59.8 Å². The number of amides is 1. The van der Waals surface area contributed by atoms with E-state index in [0.717, 1.165) is 0 Å². The van der Waals surface area contributed by atoms with Crippen molar-refractivity contribution in [1.82, 2.24) is 10.2 Å². The van der Waals surface area contributed by atoms with Gasteiger partial charge in [-0.2, -0.15) is 0 Å². The first-order chi connectivity index (χ1) is 19.4. The molecular formula is C30H28FN3O7. The fourth-order valence-corrected chi connectivity index (χ4v) is 5.58. The highest BCUT2D eigenvalue weighted by atomic mass is 19.1. The van der Waals surface area contributed by atoms with Crippen molar-refractivity contribution in [2.45, 2.75) is 51.9 Å². The normalized spacial score (nSPS) is 21.1. The first-order valence-corrected chi connectivity index (χ1v) is 13.0. The van der Waals surface area contributed by atoms with E-state index in [2.05, 4.69) is 5.32 Å². The maximum absolute atomic E-state index is 15.3. The molecule has 10 nitrogen and oxygen atoms in total. The van der Waals surface area contributed by atoms with Gasteiger partial charge in [0.2, 0.25) is 5.76 Å². The number of nitrogens with one attached hydrogen (secondary N) is 1. The largest absolute Gasteiger partial charge is 0.479 e. The van der Waals surface area contributed by atoms with Gasteiger partial charge in [0.05, 0.1) is 17.8 Å². The Morgan fingerprint density at radius 3 is 2.56 bits per heavy atom. The average Bonchev–Trinajstić information content (AvgIpc) is 3.30. The van der Waals surface area contributed by atoms with Gasteiger partial charge >= 0.3 is 6.09 Å². The van der Waals surface area contributed by atoms with E-state index >= 15 is 4.39 Å². The minimum atomic E-state index is -1.84. The van der Waals surface area contributed by atoms with Crippen molar-refractivity contribution in [2.75, 3.05) is 25.1 Å². The number of carbonyl (C=O) groups excluding carboxylic acids is 4. The molecule has 4 aliphatic rings. The molecular weight excluding hydrogens is 533 g/mol. The molecule has 11 heteroatoms. The van der Waals surface area contributed by atoms with Crippen LogP contribution in [0, 0.1) is 5.82 Å². The Labute approximate surface area is 235 Å². The molecule has 0 spiro atoms. The van der Waals surface area contributed by atoms with Gasteiger partial charge in [0.15, 0.2) is 17.5 Å². The summed E-state index contributed by atoms with van der Waals surface area (Å²) in [6.45, 7) is 6.67. The maximum atomic E-state index is 15.3. The molecule has 0 radical (unpaired) electrons. The molecule has 0 saturated carbocycles. The number of anilines is 1. The van der Waals surface area contributed by atoms with E-state index in [1.807, 2.05) is 11.9 Å². The van der Waals surface area contributed by atoms with E-state index in [9.17, 15) is 24.3 Å². The van der Waals surface area contributed by atoms with Crippen molar-refractivity contribution in [2.24, 2.45) is 0 Å². The second kappa shape index (κ2) is 9.77. The number of hydrogen-bond donors (Lipinski definition) is 2. The number of carbonyl (C=O) groups is 1. The van der Waals surface area contributed by atoms with Crippen LogP contribution >= 0.6 is 0 Å². The minimum absolute atomic E-state index is 0.0582. The summed E-state index contributed by atoms with van der Waals surface area (Å²) in [4.78, 5) is 51.8. The number of likely N-dealkylation sites (N-methyl/N-ethyl adjacent to an activating group) is 1. The van der Waals surface area contributed by atoms with Gasteiger partial charge in [0.25, 0.3) is 0 Å². The van der Waals surface area contributed by atoms with Crippen LogP contribution in [0.15, 0.2) is 57.8 Å². The molecule has 0 aromatic heterocycles. The molecule has 2 N–H and O–H groups in total. The van der Waals surface area contributed by atoms with E-state index in [1.54, 1.807) is 62.6 Å². The first kappa shape index (κ1) is 27.9. The lowest BCUT2D eigenvalue weighted by Crippen LogP contribution is -2.42. The Morgan fingerprint density at radius 1 is 1.22 bits per heavy atom. The van der Waals surface area contributed by atoms with Crippen molar-refractivity contribution in [3.05, 3.63) is 74.7 Å². The van der Waals surface area contributed by atoms with Gasteiger partial charge in [-0.15, -0.1) is 0 Å². The summed E-state index contributed by atoms with van der Waals surface area (Å²) in [5.74, 6) is 4.59. The van der Waals surface area contributed by atoms with Crippen LogP contribution in [-0.2, 0) is 30.4 Å². The Kier molecular flexibility index (Phi) is 6.65. The summed E-state index contributed by atoms with van der Waals surface area (Å²) in [5.41, 5.74) is 0.630. The second-order valence-corrected chi connectivity index (χ2v) is 11.1. The van der Waals surface area contributed by atoms with Crippen molar-refractivity contribution < 1.29 is 38.1 Å². The number of ether oxygens (including phenoxy) is 2. The third-order valence-electron chi connectivity index (χ3n) is 7.56. The highest BCUT2D eigenvalue weighted by molar-refractivity contribution is 6.06. The zero-order valence-corrected chi connectivity index (χ0v) is 23.2. The molecule has 0 aliphatic carbocycles. The molecule has 5 rings (SSSR count). The smallest absolute Gasteiger partial charge is 0.407 e. The highest BCUT2D eigenvalue weighted by Gasteiger charge is 2.49. The van der Waals surface area contributed by atoms with Crippen LogP contribution in [0.5, 0.6) is 0 Å². The van der Waals surface area contributed by atoms with Gasteiger partial charge in [-0.05, 0) is 45.4 Å². The molecule has 1 aromatic rings. The van der Waals surface area contributed by atoms with Crippen LogP contribution in [0.3, 0.4) is 0 Å². The fraction of sp³-hybridized carbons (Fsp3) is 0.367. The van der Waals surface area contributed by atoms with Gasteiger partial charge in [-0.3, -0.25) is 0 Å². The quantitative estimate of drug-likeness (QED) is 0.536. The summed E-state index contributed by atoms with van der Waals surface area (Å²) in [6.07, 6.45) is 0.977. The van der Waals surface area contributed by atoms with Crippen molar-refractivity contribution >= 4 is 35.2 Å². The molecule has 4 aliphatic heterocycles. The fourth-order valence-electron chi connectivity index (χ4n) is 5.58. The van der Waals surface area contributed by atoms with Crippen LogP contribution in [0.1, 0.15) is 45.2 Å². The van der Waals surface area contributed by atoms with E-state index in [0.29, 0.717) is 28.2 Å². The van der Waals surface area contributed by atoms with Crippen LogP contribution < -0.4 is 10.2 Å². The zero-order chi connectivity index (χ0) is 29.9. The third kappa shape index (κ3) is 4.32. The number of halogens is 1. The number of allylic oxidation sites excluding steroid dienone is 1. The predicted octanol–water partition coefficient (Wildman–Crippen LogP) is 2.88. The number of aliphatic hydroxyl groups is 1. The summed E-state index contributed by atoms with van der Waals surface area (Å²) in [7, 11) is 1.74. The molecule has 212 valence electrons. The number of hydrogen-bond acceptors (Lipinski definition) is 9. The maximum Gasteiger partial charge on any atom is 0.407 e. The molecule has 1 aromatic carbocycles. The minimum Gasteiger partial charge on any atom is -0.479 e. The van der Waals surface area contributed by atoms with Gasteiger partial charge in [-0.1, -0.05) is 6.92 Å². The Hall–Kier alpha value is -4.65. The summed E-state index contributed by atoms with van der Waals surface area (Å²) in [5, 5.41) is 14.0. The number of benzene rings is 1. The van der Waals surface area contributed by atoms with Crippen LogP contribution in [0.25, 0.3) is 5.57 Å². The summed E-state index contributed by atoms with van der Waals surface area (Å²) >= 11 is 0. The van der Waals surface area contributed by atoms with E-state index in [4.69, 9.17) is 9.47 Å². The SMILES string of the molecule is CC[C@@]1(O)C(=C=O)OCC2=C1C=C1C3=C(CN1C2=C=O)N(C)c1cc(CNC(=O)OC(C)(C)C)c(F)cc1C3=C=O. The summed E-state index contributed by atoms with van der Waals surface area (Å²) < 4.78 is 26.0. The lowest BCUT2D eigenvalue weighted by molar-refractivity contribution is 0.0311. The van der Waals surface area contributed by atoms with Gasteiger partial charge in [0.1, 0.15) is 29.7 Å². The Balaban J connectivity index is 1.59. The van der Waals surface area contributed by atoms with Crippen LogP contribution in [0.2, 0.25) is 0 Å². The lowest BCUT2D eigenvalue weighted by Gasteiger charge is -2.39. The highest BCUT2D eigenvalue weighted by Crippen LogP contribution is 2.52. The number of alkyl carbamates (subject to hydrolysis) is 1. The van der Waals surface area contributed by atoms with Crippen molar-refractivity contribution in [1.29, 1.82) is 0 Å². The molecule has 4 heterocycles. The molecule has 1 amide bonds. The molecule has 0 fully saturated rings. The molecule has 0 saturated heterocycles. The standard InChI is InChI=1S/C30H28FN3O7/c1-6-30(39)20-9-23-27-18(12-35)17-8-21(31)16(10-32-28(38)41-29(2,3)4)7-22(17)33(5)24(27)11-34(23)25(13-36)19(20)15-40-26(30)14-37/h7-9,39H,6,10-11,15H2,1-5H3,(H,32,38)/t30-/m0/s1. The average molecular weight is 562 g/mol. The van der Waals surface area contributed by atoms with E-state index < -0.39 is 23.1 Å². The lowest BCUT2D eigenvalue weighted by atomic mass is 9.79. The molecule has 41 heavy (non-hydrogen) atoms. The van der Waals surface area contributed by atoms with Gasteiger partial charge in [-0.25, -0.2) is 23.6 Å². The Bertz CT molecular complexity index is 1640. The molecule has 0 unspecified atom stereocenters. The molecule has 1 atom stereocenters. The number of nitrogens with zero attached hydrogens (tertiary/aromatic N) is 2. The first-order valence-electron chi connectivity index (χ1n) is 13.0. The topological polar surface area (TPSA) is 125 Å². The predicted molar refractivity (Wildman–Crippen MR) is 145 cm³/mol. The monoisotopic (exact) mass is 561 g/mol. The molecule has 0 bridgehead atoms. The second-order valence-electron chi connectivity index (χ2n) is 11.1. The Morgan fingerprint density at radius 2 is 1.95 bits per heavy atom. The number of rotatable bonds is 3. The van der Waals surface area contributed by atoms with Crippen molar-refractivity contribution in [3.8, 4) is 0 Å². The zero-order valence-electron chi connectivity index (χ0n) is 23.2. The van der Waals surface area contributed by atoms with Crippen LogP contribution in [0.4, 0.5) is 14.9 Å². The van der Waals surface area contributed by atoms with E-state index in [1.165, 1.54) is 6.07 Å². The number of fused-ring (bicyclic) bond motifs is 3. The summed E-state index contributed by atoms with van der Waals surface area (Å²) in [6, 6.07) is 2.75. The van der Waals surface area contributed by atoms with Crippen LogP contribution in [-0.4, -0.2) is 65.3 Å². The van der Waals surface area contributed by atoms with Gasteiger partial charge < -0.3 is 29.7 Å². The van der Waals surface area contributed by atoms with Gasteiger partial charge in [0, 0.05) is 52.8 Å². The third-order valence-corrected chi connectivity index (χ3v) is 7.56. The van der Waals surface area contributed by atoms with Crippen molar-refractivity contribution in [3.63, 3.8) is 0 Å².